The topological polar surface area (TPSA) is 27.7 Å². The van der Waals surface area contributed by atoms with Crippen LogP contribution in [-0.2, 0) is 9.31 Å². The molecule has 0 N–H and O–H groups in total. The van der Waals surface area contributed by atoms with Gasteiger partial charge in [0.05, 0.1) is 11.1 Å². The average Bonchev–Trinajstić information content (AvgIpc) is 2.35. The van der Waals surface area contributed by atoms with Crippen LogP contribution in [0, 0.1) is 5.82 Å². The minimum absolute atomic E-state index is 0.0574. The molecule has 0 aliphatic carbocycles. The molecule has 0 radical (unpaired) electrons. The van der Waals surface area contributed by atoms with Gasteiger partial charge in [-0.25, -0.2) is 4.39 Å². The molecule has 1 aliphatic heterocycles. The number of ether oxygens (including phenoxy) is 1. The zero-order chi connectivity index (χ0) is 13.1. The van der Waals surface area contributed by atoms with Crippen molar-refractivity contribution in [2.24, 2.45) is 0 Å². The third-order valence-corrected chi connectivity index (χ3v) is 2.81. The highest BCUT2D eigenvalue weighted by Gasteiger charge is 2.30. The second kappa shape index (κ2) is 5.91. The maximum atomic E-state index is 14.3. The van der Waals surface area contributed by atoms with E-state index in [1.165, 1.54) is 0 Å². The van der Waals surface area contributed by atoms with Gasteiger partial charge in [-0.3, -0.25) is 0 Å². The first kappa shape index (κ1) is 13.7. The number of hydrogen-bond acceptors (Lipinski definition) is 3. The number of rotatable bonds is 3. The van der Waals surface area contributed by atoms with Gasteiger partial charge in [0.25, 0.3) is 0 Å². The first-order chi connectivity index (χ1) is 8.59. The van der Waals surface area contributed by atoms with Crippen molar-refractivity contribution in [1.29, 1.82) is 0 Å². The van der Waals surface area contributed by atoms with E-state index in [2.05, 4.69) is 0 Å². The van der Waals surface area contributed by atoms with Crippen molar-refractivity contribution in [3.63, 3.8) is 0 Å². The van der Waals surface area contributed by atoms with Crippen molar-refractivity contribution in [3.05, 3.63) is 23.0 Å². The summed E-state index contributed by atoms with van der Waals surface area (Å²) in [5.41, 5.74) is 0.328. The Bertz CT molecular complexity index is 422. The Kier molecular flexibility index (Phi) is 4.48. The molecule has 18 heavy (non-hydrogen) atoms. The maximum Gasteiger partial charge on any atom is 0.497 e. The van der Waals surface area contributed by atoms with E-state index in [1.807, 2.05) is 13.8 Å². The largest absolute Gasteiger partial charge is 0.497 e. The van der Waals surface area contributed by atoms with Gasteiger partial charge in [-0.1, -0.05) is 17.7 Å². The molecule has 0 spiro atoms. The first-order valence-electron chi connectivity index (χ1n) is 5.97. The van der Waals surface area contributed by atoms with E-state index in [0.717, 1.165) is 6.42 Å². The average molecular weight is 273 g/mol. The van der Waals surface area contributed by atoms with Crippen molar-refractivity contribution < 1.29 is 18.4 Å². The molecule has 98 valence electrons. The predicted octanol–water partition coefficient (Wildman–Crippen LogP) is 2.40. The van der Waals surface area contributed by atoms with Crippen molar-refractivity contribution in [3.8, 4) is 5.75 Å². The van der Waals surface area contributed by atoms with Crippen LogP contribution in [0.15, 0.2) is 12.1 Å². The summed E-state index contributed by atoms with van der Waals surface area (Å²) in [6.45, 7) is 4.76. The Morgan fingerprint density at radius 3 is 2.61 bits per heavy atom. The molecule has 1 aliphatic rings. The molecule has 3 nitrogen and oxygen atoms in total. The van der Waals surface area contributed by atoms with Crippen molar-refractivity contribution in [2.75, 3.05) is 13.2 Å². The molecule has 0 saturated carbocycles. The molecule has 1 heterocycles. The molecule has 0 unspecified atom stereocenters. The molecule has 1 fully saturated rings. The Morgan fingerprint density at radius 1 is 1.33 bits per heavy atom. The van der Waals surface area contributed by atoms with E-state index in [-0.39, 0.29) is 16.9 Å². The van der Waals surface area contributed by atoms with E-state index in [0.29, 0.717) is 18.7 Å². The van der Waals surface area contributed by atoms with Crippen LogP contribution < -0.4 is 10.2 Å². The molecular formula is C12H15BClFO3. The van der Waals surface area contributed by atoms with Gasteiger partial charge in [0.15, 0.2) is 11.6 Å². The summed E-state index contributed by atoms with van der Waals surface area (Å²) in [7, 11) is -0.675. The smallest absolute Gasteiger partial charge is 0.486 e. The van der Waals surface area contributed by atoms with Crippen LogP contribution >= 0.6 is 11.6 Å². The molecule has 0 bridgehead atoms. The third-order valence-electron chi connectivity index (χ3n) is 2.51. The van der Waals surface area contributed by atoms with Gasteiger partial charge < -0.3 is 14.0 Å². The lowest BCUT2D eigenvalue weighted by atomic mass is 9.77. The van der Waals surface area contributed by atoms with Crippen LogP contribution in [0.4, 0.5) is 4.39 Å². The molecular weight excluding hydrogens is 257 g/mol. The van der Waals surface area contributed by atoms with E-state index in [4.69, 9.17) is 25.6 Å². The molecule has 2 rings (SSSR count). The summed E-state index contributed by atoms with van der Waals surface area (Å²) in [5.74, 6) is -0.454. The molecule has 1 saturated heterocycles. The molecule has 0 amide bonds. The Hall–Kier alpha value is -0.775. The van der Waals surface area contributed by atoms with E-state index >= 15 is 0 Å². The van der Waals surface area contributed by atoms with E-state index < -0.39 is 12.9 Å². The van der Waals surface area contributed by atoms with Crippen molar-refractivity contribution in [1.82, 2.24) is 0 Å². The number of benzene rings is 1. The van der Waals surface area contributed by atoms with Gasteiger partial charge in [0, 0.05) is 18.7 Å². The normalized spacial score (nSPS) is 16.2. The summed E-state index contributed by atoms with van der Waals surface area (Å²) < 4.78 is 30.5. The predicted molar refractivity (Wildman–Crippen MR) is 69.1 cm³/mol. The van der Waals surface area contributed by atoms with Gasteiger partial charge in [-0.2, -0.15) is 0 Å². The van der Waals surface area contributed by atoms with E-state index in [1.54, 1.807) is 12.1 Å². The second-order valence-electron chi connectivity index (χ2n) is 4.37. The van der Waals surface area contributed by atoms with Crippen molar-refractivity contribution in [2.45, 2.75) is 26.4 Å². The lowest BCUT2D eigenvalue weighted by molar-refractivity contribution is 0.142. The molecule has 1 aromatic carbocycles. The summed E-state index contributed by atoms with van der Waals surface area (Å²) in [6, 6.07) is 3.17. The Balaban J connectivity index is 2.30. The van der Waals surface area contributed by atoms with Crippen molar-refractivity contribution >= 4 is 24.2 Å². The third kappa shape index (κ3) is 2.97. The standard InChI is InChI=1S/C12H15BClFO3/c1-8(2)18-12-10(14)5-4-9(11(12)15)13-16-6-3-7-17-13/h4-5,8H,3,6-7H2,1-2H3. The summed E-state index contributed by atoms with van der Waals surface area (Å²) in [4.78, 5) is 0. The minimum atomic E-state index is -0.675. The first-order valence-corrected chi connectivity index (χ1v) is 6.35. The minimum Gasteiger partial charge on any atom is -0.486 e. The SMILES string of the molecule is CC(C)Oc1c(Cl)ccc(B2OCCCO2)c1F. The molecule has 0 atom stereocenters. The van der Waals surface area contributed by atoms with Gasteiger partial charge in [-0.05, 0) is 26.3 Å². The lowest BCUT2D eigenvalue weighted by Gasteiger charge is -2.21. The summed E-state index contributed by atoms with van der Waals surface area (Å²) in [6.07, 6.45) is 0.668. The Morgan fingerprint density at radius 2 is 2.00 bits per heavy atom. The Labute approximate surface area is 111 Å². The lowest BCUT2D eigenvalue weighted by Crippen LogP contribution is -2.42. The fourth-order valence-corrected chi connectivity index (χ4v) is 1.93. The number of hydrogen-bond donors (Lipinski definition) is 0. The zero-order valence-corrected chi connectivity index (χ0v) is 11.2. The van der Waals surface area contributed by atoms with Gasteiger partial charge >= 0.3 is 7.12 Å². The quantitative estimate of drug-likeness (QED) is 0.791. The maximum absolute atomic E-state index is 14.3. The summed E-state index contributed by atoms with van der Waals surface area (Å²) in [5, 5.41) is 0.251. The fraction of sp³-hybridized carbons (Fsp3) is 0.500. The van der Waals surface area contributed by atoms with Gasteiger partial charge in [0.1, 0.15) is 0 Å². The van der Waals surface area contributed by atoms with Gasteiger partial charge in [-0.15, -0.1) is 0 Å². The molecule has 1 aromatic rings. The van der Waals surface area contributed by atoms with Crippen LogP contribution in [0.1, 0.15) is 20.3 Å². The van der Waals surface area contributed by atoms with Crippen LogP contribution in [-0.4, -0.2) is 26.4 Å². The molecule has 6 heteroatoms. The van der Waals surface area contributed by atoms with Crippen LogP contribution in [0.2, 0.25) is 5.02 Å². The van der Waals surface area contributed by atoms with Crippen LogP contribution in [0.3, 0.4) is 0 Å². The number of halogens is 2. The second-order valence-corrected chi connectivity index (χ2v) is 4.78. The summed E-state index contributed by atoms with van der Waals surface area (Å²) >= 11 is 5.94. The fourth-order valence-electron chi connectivity index (χ4n) is 1.74. The molecule has 0 aromatic heterocycles. The highest BCUT2D eigenvalue weighted by Crippen LogP contribution is 2.28. The van der Waals surface area contributed by atoms with E-state index in [9.17, 15) is 4.39 Å². The van der Waals surface area contributed by atoms with Crippen LogP contribution in [0.25, 0.3) is 0 Å². The van der Waals surface area contributed by atoms with Crippen LogP contribution in [0.5, 0.6) is 5.75 Å². The monoisotopic (exact) mass is 272 g/mol. The highest BCUT2D eigenvalue weighted by molar-refractivity contribution is 6.61. The van der Waals surface area contributed by atoms with Gasteiger partial charge in [0.2, 0.25) is 0 Å². The highest BCUT2D eigenvalue weighted by atomic mass is 35.5. The zero-order valence-electron chi connectivity index (χ0n) is 10.4.